The van der Waals surface area contributed by atoms with Gasteiger partial charge in [0.2, 0.25) is 0 Å². The summed E-state index contributed by atoms with van der Waals surface area (Å²) in [6.45, 7) is 0.00397. The first kappa shape index (κ1) is 18.5. The molecular weight excluding hydrogens is 375 g/mol. The second-order valence-corrected chi connectivity index (χ2v) is 6.46. The lowest BCUT2D eigenvalue weighted by Crippen LogP contribution is -2.24. The third kappa shape index (κ3) is 3.64. The van der Waals surface area contributed by atoms with Crippen molar-refractivity contribution in [2.24, 2.45) is 0 Å². The van der Waals surface area contributed by atoms with Gasteiger partial charge in [-0.3, -0.25) is 14.2 Å². The highest BCUT2D eigenvalue weighted by Crippen LogP contribution is 2.14. The van der Waals surface area contributed by atoms with Gasteiger partial charge >= 0.3 is 0 Å². The van der Waals surface area contributed by atoms with Crippen LogP contribution in [0.15, 0.2) is 65.8 Å². The van der Waals surface area contributed by atoms with Crippen LogP contribution in [0.25, 0.3) is 11.0 Å². The molecule has 0 unspecified atom stereocenters. The summed E-state index contributed by atoms with van der Waals surface area (Å²) in [5.74, 6) is 0.0632. The summed E-state index contributed by atoms with van der Waals surface area (Å²) in [6.07, 6.45) is 2.70. The number of halogens is 1. The summed E-state index contributed by atoms with van der Waals surface area (Å²) in [5.41, 5.74) is 0.870. The van der Waals surface area contributed by atoms with Crippen LogP contribution in [0.4, 0.5) is 4.39 Å². The molecule has 0 saturated heterocycles. The topological polar surface area (TPSA) is 79.0 Å². The van der Waals surface area contributed by atoms with E-state index in [9.17, 15) is 14.0 Å². The predicted molar refractivity (Wildman–Crippen MR) is 105 cm³/mol. The largest absolute Gasteiger partial charge is 0.497 e. The number of methoxy groups -OCH3 is 1. The number of ketones is 1. The van der Waals surface area contributed by atoms with E-state index in [2.05, 4.69) is 10.1 Å². The number of fused-ring (bicyclic) bond motifs is 1. The molecule has 0 amide bonds. The lowest BCUT2D eigenvalue weighted by atomic mass is 10.1. The maximum atomic E-state index is 13.9. The zero-order chi connectivity index (χ0) is 20.4. The zero-order valence-corrected chi connectivity index (χ0v) is 15.6. The van der Waals surface area contributed by atoms with Gasteiger partial charge < -0.3 is 4.74 Å². The molecule has 146 valence electrons. The van der Waals surface area contributed by atoms with Crippen LogP contribution in [0.1, 0.15) is 15.9 Å². The summed E-state index contributed by atoms with van der Waals surface area (Å²) in [4.78, 5) is 29.5. The average molecular weight is 392 g/mol. The van der Waals surface area contributed by atoms with E-state index in [1.165, 1.54) is 27.8 Å². The SMILES string of the molecule is COc1ccc(C(=O)Cn2cnc3c(cnn3Cc3ccccc3F)c2=O)cc1. The predicted octanol–water partition coefficient (Wildman–Crippen LogP) is 2.67. The molecule has 7 nitrogen and oxygen atoms in total. The van der Waals surface area contributed by atoms with Crippen molar-refractivity contribution in [1.29, 1.82) is 0 Å². The van der Waals surface area contributed by atoms with Crippen LogP contribution in [-0.2, 0) is 13.1 Å². The van der Waals surface area contributed by atoms with E-state index >= 15 is 0 Å². The van der Waals surface area contributed by atoms with Crippen molar-refractivity contribution >= 4 is 16.8 Å². The van der Waals surface area contributed by atoms with Crippen LogP contribution in [0.3, 0.4) is 0 Å². The normalized spacial score (nSPS) is 11.0. The molecular formula is C21H17FN4O3. The molecule has 4 rings (SSSR count). The molecule has 0 saturated carbocycles. The maximum Gasteiger partial charge on any atom is 0.264 e. The number of rotatable bonds is 6. The molecule has 0 aliphatic carbocycles. The number of hydrogen-bond donors (Lipinski definition) is 0. The van der Waals surface area contributed by atoms with Crippen molar-refractivity contribution < 1.29 is 13.9 Å². The minimum Gasteiger partial charge on any atom is -0.497 e. The molecule has 0 aliphatic heterocycles. The Labute approximate surface area is 165 Å². The number of Topliss-reactive ketones (excluding diaryl/α,β-unsaturated/α-hetero) is 1. The van der Waals surface area contributed by atoms with Gasteiger partial charge in [0.05, 0.1) is 26.4 Å². The molecule has 0 fully saturated rings. The summed E-state index contributed by atoms with van der Waals surface area (Å²) in [5, 5.41) is 4.44. The number of carbonyl (C=O) groups excluding carboxylic acids is 1. The van der Waals surface area contributed by atoms with Gasteiger partial charge in [-0.25, -0.2) is 14.1 Å². The van der Waals surface area contributed by atoms with Gasteiger partial charge in [0.1, 0.15) is 23.3 Å². The van der Waals surface area contributed by atoms with E-state index in [0.29, 0.717) is 22.5 Å². The van der Waals surface area contributed by atoms with Gasteiger partial charge in [-0.15, -0.1) is 0 Å². The second-order valence-electron chi connectivity index (χ2n) is 6.46. The lowest BCUT2D eigenvalue weighted by molar-refractivity contribution is 0.0970. The van der Waals surface area contributed by atoms with E-state index < -0.39 is 0 Å². The number of benzene rings is 2. The summed E-state index contributed by atoms with van der Waals surface area (Å²) in [6, 6.07) is 13.0. The number of aromatic nitrogens is 4. The van der Waals surface area contributed by atoms with Crippen molar-refractivity contribution in [3.63, 3.8) is 0 Å². The van der Waals surface area contributed by atoms with Crippen LogP contribution >= 0.6 is 0 Å². The van der Waals surface area contributed by atoms with Crippen molar-refractivity contribution in [2.75, 3.05) is 7.11 Å². The van der Waals surface area contributed by atoms with Crippen LogP contribution in [0, 0.1) is 5.82 Å². The Kier molecular flexibility index (Phi) is 4.90. The van der Waals surface area contributed by atoms with Gasteiger partial charge in [0, 0.05) is 11.1 Å². The minimum absolute atomic E-state index is 0.146. The van der Waals surface area contributed by atoms with Crippen molar-refractivity contribution in [3.05, 3.63) is 88.4 Å². The molecule has 0 bridgehead atoms. The number of nitrogens with zero attached hydrogens (tertiary/aromatic N) is 4. The van der Waals surface area contributed by atoms with Crippen LogP contribution in [-0.4, -0.2) is 32.2 Å². The average Bonchev–Trinajstić information content (AvgIpc) is 3.15. The van der Waals surface area contributed by atoms with Gasteiger partial charge in [-0.2, -0.15) is 5.10 Å². The molecule has 8 heteroatoms. The van der Waals surface area contributed by atoms with E-state index in [0.717, 1.165) is 0 Å². The number of hydrogen-bond acceptors (Lipinski definition) is 5. The van der Waals surface area contributed by atoms with E-state index in [-0.39, 0.29) is 35.6 Å². The quantitative estimate of drug-likeness (QED) is 0.472. The van der Waals surface area contributed by atoms with Crippen molar-refractivity contribution in [3.8, 4) is 5.75 Å². The Balaban J connectivity index is 1.60. The molecule has 2 aromatic heterocycles. The lowest BCUT2D eigenvalue weighted by Gasteiger charge is -2.07. The fourth-order valence-corrected chi connectivity index (χ4v) is 3.04. The van der Waals surface area contributed by atoms with Gasteiger partial charge in [-0.05, 0) is 30.3 Å². The molecule has 2 heterocycles. The third-order valence-electron chi connectivity index (χ3n) is 4.63. The molecule has 2 aromatic carbocycles. The molecule has 0 spiro atoms. The molecule has 0 atom stereocenters. The molecule has 0 radical (unpaired) electrons. The Morgan fingerprint density at radius 3 is 2.62 bits per heavy atom. The minimum atomic E-state index is -0.378. The van der Waals surface area contributed by atoms with E-state index in [1.54, 1.807) is 49.6 Å². The Morgan fingerprint density at radius 2 is 1.90 bits per heavy atom. The fraction of sp³-hybridized carbons (Fsp3) is 0.143. The highest BCUT2D eigenvalue weighted by molar-refractivity contribution is 5.96. The first-order valence-electron chi connectivity index (χ1n) is 8.88. The highest BCUT2D eigenvalue weighted by atomic mass is 19.1. The standard InChI is InChI=1S/C21H17FN4O3/c1-29-16-8-6-14(7-9-16)19(27)12-25-13-23-20-17(21(25)28)10-24-26(20)11-15-4-2-3-5-18(15)22/h2-10,13H,11-12H2,1H3. The second kappa shape index (κ2) is 7.67. The Bertz CT molecular complexity index is 1250. The molecule has 0 N–H and O–H groups in total. The molecule has 29 heavy (non-hydrogen) atoms. The highest BCUT2D eigenvalue weighted by Gasteiger charge is 2.14. The smallest absolute Gasteiger partial charge is 0.264 e. The van der Waals surface area contributed by atoms with Gasteiger partial charge in [0.15, 0.2) is 11.4 Å². The first-order chi connectivity index (χ1) is 14.1. The van der Waals surface area contributed by atoms with Gasteiger partial charge in [0.25, 0.3) is 5.56 Å². The van der Waals surface area contributed by atoms with E-state index in [4.69, 9.17) is 4.74 Å². The van der Waals surface area contributed by atoms with Crippen LogP contribution in [0.2, 0.25) is 0 Å². The summed E-state index contributed by atoms with van der Waals surface area (Å²) in [7, 11) is 1.55. The van der Waals surface area contributed by atoms with Crippen molar-refractivity contribution in [2.45, 2.75) is 13.1 Å². The van der Waals surface area contributed by atoms with Gasteiger partial charge in [-0.1, -0.05) is 18.2 Å². The summed E-state index contributed by atoms with van der Waals surface area (Å²) < 4.78 is 21.7. The Hall–Kier alpha value is -3.81. The van der Waals surface area contributed by atoms with Crippen LogP contribution in [0.5, 0.6) is 5.75 Å². The molecule has 4 aromatic rings. The first-order valence-corrected chi connectivity index (χ1v) is 8.88. The Morgan fingerprint density at radius 1 is 1.14 bits per heavy atom. The fourth-order valence-electron chi connectivity index (χ4n) is 3.04. The number of carbonyl (C=O) groups is 1. The monoisotopic (exact) mass is 392 g/mol. The molecule has 0 aliphatic rings. The third-order valence-corrected chi connectivity index (χ3v) is 4.63. The number of ether oxygens (including phenoxy) is 1. The van der Waals surface area contributed by atoms with Crippen LogP contribution < -0.4 is 10.3 Å². The maximum absolute atomic E-state index is 13.9. The summed E-state index contributed by atoms with van der Waals surface area (Å²) >= 11 is 0. The van der Waals surface area contributed by atoms with E-state index in [1.807, 2.05) is 0 Å². The van der Waals surface area contributed by atoms with Crippen molar-refractivity contribution in [1.82, 2.24) is 19.3 Å². The zero-order valence-electron chi connectivity index (χ0n) is 15.6.